The summed E-state index contributed by atoms with van der Waals surface area (Å²) in [6, 6.07) is 12.7. The van der Waals surface area contributed by atoms with Crippen LogP contribution in [-0.2, 0) is 0 Å². The second-order valence-corrected chi connectivity index (χ2v) is 4.48. The lowest BCUT2D eigenvalue weighted by atomic mass is 10.0. The van der Waals surface area contributed by atoms with Gasteiger partial charge < -0.3 is 4.74 Å². The van der Waals surface area contributed by atoms with Crippen molar-refractivity contribution < 1.29 is 9.13 Å². The third-order valence-electron chi connectivity index (χ3n) is 2.39. The molecule has 3 heteroatoms. The molecule has 17 heavy (non-hydrogen) atoms. The van der Waals surface area contributed by atoms with E-state index in [9.17, 15) is 4.39 Å². The van der Waals surface area contributed by atoms with E-state index in [0.717, 1.165) is 15.6 Å². The Morgan fingerprint density at radius 2 is 1.94 bits per heavy atom. The molecular formula is C14H12BrFO. The second kappa shape index (κ2) is 5.32. The summed E-state index contributed by atoms with van der Waals surface area (Å²) in [5.74, 6) is -0.0163. The Morgan fingerprint density at radius 3 is 2.65 bits per heavy atom. The predicted molar refractivity (Wildman–Crippen MR) is 70.7 cm³/mol. The van der Waals surface area contributed by atoms with Gasteiger partial charge in [0.1, 0.15) is 0 Å². The molecule has 88 valence electrons. The van der Waals surface area contributed by atoms with Crippen LogP contribution in [0.4, 0.5) is 4.39 Å². The fourth-order valence-electron chi connectivity index (χ4n) is 1.68. The van der Waals surface area contributed by atoms with E-state index in [4.69, 9.17) is 4.74 Å². The minimum absolute atomic E-state index is 0.313. The number of rotatable bonds is 3. The molecule has 2 rings (SSSR count). The summed E-state index contributed by atoms with van der Waals surface area (Å²) in [5, 5.41) is 0. The Hall–Kier alpha value is -1.35. The first-order chi connectivity index (χ1) is 8.22. The molecule has 0 amide bonds. The van der Waals surface area contributed by atoms with Crippen molar-refractivity contribution in [1.82, 2.24) is 0 Å². The van der Waals surface area contributed by atoms with Crippen molar-refractivity contribution in [3.63, 3.8) is 0 Å². The van der Waals surface area contributed by atoms with Crippen LogP contribution in [0.2, 0.25) is 0 Å². The number of ether oxygens (including phenoxy) is 1. The van der Waals surface area contributed by atoms with Crippen molar-refractivity contribution in [2.75, 3.05) is 6.61 Å². The first-order valence-electron chi connectivity index (χ1n) is 5.39. The number of halogens is 2. The van der Waals surface area contributed by atoms with Crippen LogP contribution < -0.4 is 4.74 Å². The molecule has 0 heterocycles. The monoisotopic (exact) mass is 294 g/mol. The van der Waals surface area contributed by atoms with Crippen LogP contribution in [0.1, 0.15) is 6.92 Å². The fraction of sp³-hybridized carbons (Fsp3) is 0.143. The molecule has 0 bridgehead atoms. The fourth-order valence-corrected chi connectivity index (χ4v) is 2.08. The molecule has 0 saturated heterocycles. The Labute approximate surface area is 108 Å². The van der Waals surface area contributed by atoms with Gasteiger partial charge in [-0.3, -0.25) is 0 Å². The first kappa shape index (κ1) is 12.1. The van der Waals surface area contributed by atoms with Crippen molar-refractivity contribution in [2.45, 2.75) is 6.92 Å². The summed E-state index contributed by atoms with van der Waals surface area (Å²) in [6.45, 7) is 2.29. The van der Waals surface area contributed by atoms with Crippen LogP contribution in [0.25, 0.3) is 11.1 Å². The molecule has 0 radical (unpaired) electrons. The van der Waals surface area contributed by atoms with Gasteiger partial charge in [-0.2, -0.15) is 0 Å². The summed E-state index contributed by atoms with van der Waals surface area (Å²) in [7, 11) is 0. The van der Waals surface area contributed by atoms with Crippen LogP contribution in [-0.4, -0.2) is 6.61 Å². The average Bonchev–Trinajstić information content (AvgIpc) is 2.32. The lowest BCUT2D eigenvalue weighted by Gasteiger charge is -2.11. The van der Waals surface area contributed by atoms with Gasteiger partial charge in [0.05, 0.1) is 6.61 Å². The SMILES string of the molecule is CCOc1c(F)cccc1-c1cccc(Br)c1. The third kappa shape index (κ3) is 2.67. The molecule has 0 spiro atoms. The van der Waals surface area contributed by atoms with E-state index in [0.29, 0.717) is 12.4 Å². The van der Waals surface area contributed by atoms with E-state index in [1.54, 1.807) is 6.07 Å². The van der Waals surface area contributed by atoms with E-state index < -0.39 is 0 Å². The quantitative estimate of drug-likeness (QED) is 0.800. The maximum atomic E-state index is 13.7. The maximum Gasteiger partial charge on any atom is 0.165 e. The lowest BCUT2D eigenvalue weighted by molar-refractivity contribution is 0.323. The smallest absolute Gasteiger partial charge is 0.165 e. The van der Waals surface area contributed by atoms with Crippen molar-refractivity contribution in [3.05, 3.63) is 52.8 Å². The summed E-state index contributed by atoms with van der Waals surface area (Å²) < 4.78 is 20.0. The molecule has 0 fully saturated rings. The standard InChI is InChI=1S/C14H12BrFO/c1-2-17-14-12(7-4-8-13(14)16)10-5-3-6-11(15)9-10/h3-9H,2H2,1H3. The number of hydrogen-bond donors (Lipinski definition) is 0. The zero-order valence-corrected chi connectivity index (χ0v) is 11.0. The molecule has 0 N–H and O–H groups in total. The molecule has 0 atom stereocenters. The van der Waals surface area contributed by atoms with E-state index >= 15 is 0 Å². The normalized spacial score (nSPS) is 10.3. The van der Waals surface area contributed by atoms with Gasteiger partial charge >= 0.3 is 0 Å². The number of benzene rings is 2. The van der Waals surface area contributed by atoms with Crippen molar-refractivity contribution in [3.8, 4) is 16.9 Å². The van der Waals surface area contributed by atoms with Gasteiger partial charge in [-0.25, -0.2) is 4.39 Å². The molecule has 0 saturated carbocycles. The summed E-state index contributed by atoms with van der Waals surface area (Å²) >= 11 is 3.41. The van der Waals surface area contributed by atoms with Gasteiger partial charge in [-0.15, -0.1) is 0 Å². The minimum atomic E-state index is -0.329. The van der Waals surface area contributed by atoms with E-state index in [-0.39, 0.29) is 5.82 Å². The Kier molecular flexibility index (Phi) is 3.79. The highest BCUT2D eigenvalue weighted by atomic mass is 79.9. The van der Waals surface area contributed by atoms with Gasteiger partial charge in [0.25, 0.3) is 0 Å². The van der Waals surface area contributed by atoms with Crippen LogP contribution in [0.5, 0.6) is 5.75 Å². The molecule has 2 aromatic rings. The van der Waals surface area contributed by atoms with E-state index in [1.165, 1.54) is 6.07 Å². The highest BCUT2D eigenvalue weighted by molar-refractivity contribution is 9.10. The van der Waals surface area contributed by atoms with E-state index in [1.807, 2.05) is 37.3 Å². The lowest BCUT2D eigenvalue weighted by Crippen LogP contribution is -1.97. The van der Waals surface area contributed by atoms with Gasteiger partial charge in [0.2, 0.25) is 0 Å². The zero-order valence-electron chi connectivity index (χ0n) is 9.41. The topological polar surface area (TPSA) is 9.23 Å². The highest BCUT2D eigenvalue weighted by Crippen LogP contribution is 2.33. The largest absolute Gasteiger partial charge is 0.490 e. The average molecular weight is 295 g/mol. The van der Waals surface area contributed by atoms with Gasteiger partial charge in [0, 0.05) is 10.0 Å². The summed E-state index contributed by atoms with van der Waals surface area (Å²) in [4.78, 5) is 0. The Bertz CT molecular complexity index is 525. The molecule has 0 aliphatic carbocycles. The van der Waals surface area contributed by atoms with Gasteiger partial charge in [0.15, 0.2) is 11.6 Å². The molecule has 0 unspecified atom stereocenters. The molecule has 0 aromatic heterocycles. The van der Waals surface area contributed by atoms with Gasteiger partial charge in [-0.1, -0.05) is 40.2 Å². The highest BCUT2D eigenvalue weighted by Gasteiger charge is 2.11. The van der Waals surface area contributed by atoms with Crippen LogP contribution in [0.15, 0.2) is 46.9 Å². The third-order valence-corrected chi connectivity index (χ3v) is 2.88. The maximum absolute atomic E-state index is 13.7. The Balaban J connectivity index is 2.54. The molecule has 1 nitrogen and oxygen atoms in total. The first-order valence-corrected chi connectivity index (χ1v) is 6.19. The van der Waals surface area contributed by atoms with Gasteiger partial charge in [-0.05, 0) is 30.7 Å². The molecular weight excluding hydrogens is 283 g/mol. The van der Waals surface area contributed by atoms with Crippen LogP contribution in [0.3, 0.4) is 0 Å². The number of para-hydroxylation sites is 1. The molecule has 2 aromatic carbocycles. The summed E-state index contributed by atoms with van der Waals surface area (Å²) in [5.41, 5.74) is 1.70. The number of hydrogen-bond acceptors (Lipinski definition) is 1. The predicted octanol–water partition coefficient (Wildman–Crippen LogP) is 4.65. The Morgan fingerprint density at radius 1 is 1.18 bits per heavy atom. The minimum Gasteiger partial charge on any atom is -0.490 e. The van der Waals surface area contributed by atoms with E-state index in [2.05, 4.69) is 15.9 Å². The molecule has 0 aliphatic heterocycles. The van der Waals surface area contributed by atoms with Crippen LogP contribution in [0, 0.1) is 5.82 Å². The van der Waals surface area contributed by atoms with Crippen molar-refractivity contribution in [2.24, 2.45) is 0 Å². The van der Waals surface area contributed by atoms with Crippen LogP contribution >= 0.6 is 15.9 Å². The second-order valence-electron chi connectivity index (χ2n) is 3.56. The summed E-state index contributed by atoms with van der Waals surface area (Å²) in [6.07, 6.45) is 0. The van der Waals surface area contributed by atoms with Crippen molar-refractivity contribution in [1.29, 1.82) is 0 Å². The van der Waals surface area contributed by atoms with Crippen molar-refractivity contribution >= 4 is 15.9 Å². The zero-order chi connectivity index (χ0) is 12.3. The molecule has 0 aliphatic rings.